The summed E-state index contributed by atoms with van der Waals surface area (Å²) in [6, 6.07) is 1.74. The van der Waals surface area contributed by atoms with Crippen molar-refractivity contribution in [2.75, 3.05) is 11.9 Å². The van der Waals surface area contributed by atoms with E-state index in [1.807, 2.05) is 5.38 Å². The summed E-state index contributed by atoms with van der Waals surface area (Å²) in [6.07, 6.45) is -0.644. The molecular weight excluding hydrogens is 269 g/mol. The molecule has 0 unspecified atom stereocenters. The zero-order valence-corrected chi connectivity index (χ0v) is 9.88. The van der Waals surface area contributed by atoms with Crippen molar-refractivity contribution in [3.63, 3.8) is 0 Å². The minimum absolute atomic E-state index is 0.284. The SMILES string of the molecule is O=C(Nc1ccsc1)OCC(Cl)(Cl)Cl. The number of carbonyl (C=O) groups excluding carboxylic acids is 1. The number of ether oxygens (including phenoxy) is 1. The lowest BCUT2D eigenvalue weighted by atomic mass is 10.5. The summed E-state index contributed by atoms with van der Waals surface area (Å²) < 4.78 is 3.06. The Balaban J connectivity index is 2.30. The van der Waals surface area contributed by atoms with E-state index < -0.39 is 9.89 Å². The van der Waals surface area contributed by atoms with Crippen molar-refractivity contribution < 1.29 is 9.53 Å². The minimum Gasteiger partial charge on any atom is -0.445 e. The van der Waals surface area contributed by atoms with Crippen molar-refractivity contribution >= 4 is 57.9 Å². The maximum Gasteiger partial charge on any atom is 0.411 e. The van der Waals surface area contributed by atoms with Gasteiger partial charge in [-0.25, -0.2) is 4.79 Å². The largest absolute Gasteiger partial charge is 0.445 e. The molecule has 0 saturated carbocycles. The van der Waals surface area contributed by atoms with Crippen molar-refractivity contribution in [3.05, 3.63) is 16.8 Å². The van der Waals surface area contributed by atoms with Crippen molar-refractivity contribution in [1.29, 1.82) is 0 Å². The average molecular weight is 275 g/mol. The summed E-state index contributed by atoms with van der Waals surface area (Å²) in [5, 5.41) is 6.05. The number of rotatable bonds is 2. The Morgan fingerprint density at radius 1 is 1.57 bits per heavy atom. The van der Waals surface area contributed by atoms with Gasteiger partial charge in [-0.1, -0.05) is 34.8 Å². The number of thiophene rings is 1. The first-order chi connectivity index (χ1) is 6.47. The first-order valence-corrected chi connectivity index (χ1v) is 5.58. The van der Waals surface area contributed by atoms with E-state index in [1.54, 1.807) is 11.4 Å². The van der Waals surface area contributed by atoms with E-state index in [9.17, 15) is 4.79 Å². The molecule has 3 nitrogen and oxygen atoms in total. The molecule has 78 valence electrons. The van der Waals surface area contributed by atoms with Crippen LogP contribution < -0.4 is 5.32 Å². The van der Waals surface area contributed by atoms with E-state index in [4.69, 9.17) is 34.8 Å². The van der Waals surface area contributed by atoms with Crippen LogP contribution in [-0.4, -0.2) is 16.5 Å². The van der Waals surface area contributed by atoms with Crippen LogP contribution in [0.4, 0.5) is 10.5 Å². The molecule has 0 aliphatic heterocycles. The first-order valence-electron chi connectivity index (χ1n) is 3.50. The van der Waals surface area contributed by atoms with E-state index in [0.717, 1.165) is 0 Å². The first kappa shape index (κ1) is 11.9. The van der Waals surface area contributed by atoms with E-state index in [1.165, 1.54) is 11.3 Å². The summed E-state index contributed by atoms with van der Waals surface area (Å²) in [6.45, 7) is -0.284. The van der Waals surface area contributed by atoms with Gasteiger partial charge in [0.15, 0.2) is 0 Å². The number of amides is 1. The molecule has 0 aromatic carbocycles. The normalized spacial score (nSPS) is 11.1. The van der Waals surface area contributed by atoms with Gasteiger partial charge in [-0.15, -0.1) is 0 Å². The number of halogens is 3. The molecule has 0 atom stereocenters. The predicted octanol–water partition coefficient (Wildman–Crippen LogP) is 3.67. The highest BCUT2D eigenvalue weighted by molar-refractivity contribution is 7.08. The molecule has 0 aliphatic carbocycles. The molecule has 1 aromatic heterocycles. The summed E-state index contributed by atoms with van der Waals surface area (Å²) in [7, 11) is 0. The maximum absolute atomic E-state index is 11.1. The number of nitrogens with one attached hydrogen (secondary N) is 1. The number of anilines is 1. The van der Waals surface area contributed by atoms with Crippen LogP contribution in [0.5, 0.6) is 0 Å². The monoisotopic (exact) mass is 273 g/mol. The lowest BCUT2D eigenvalue weighted by Crippen LogP contribution is -2.20. The van der Waals surface area contributed by atoms with Crippen molar-refractivity contribution in [3.8, 4) is 0 Å². The zero-order valence-electron chi connectivity index (χ0n) is 6.80. The molecule has 1 N–H and O–H groups in total. The second-order valence-electron chi connectivity index (χ2n) is 2.33. The zero-order chi connectivity index (χ0) is 10.6. The summed E-state index contributed by atoms with van der Waals surface area (Å²) in [4.78, 5) is 11.1. The van der Waals surface area contributed by atoms with Gasteiger partial charge in [0.2, 0.25) is 3.79 Å². The van der Waals surface area contributed by atoms with Gasteiger partial charge < -0.3 is 4.74 Å². The molecule has 1 amide bonds. The molecule has 1 heterocycles. The van der Waals surface area contributed by atoms with Crippen LogP contribution in [0.3, 0.4) is 0 Å². The summed E-state index contributed by atoms with van der Waals surface area (Å²) in [5.74, 6) is 0. The van der Waals surface area contributed by atoms with Crippen molar-refractivity contribution in [2.24, 2.45) is 0 Å². The number of carbonyl (C=O) groups is 1. The Labute approximate surface area is 99.9 Å². The second kappa shape index (κ2) is 5.07. The van der Waals surface area contributed by atoms with Crippen LogP contribution >= 0.6 is 46.1 Å². The predicted molar refractivity (Wildman–Crippen MR) is 59.6 cm³/mol. The Bertz CT molecular complexity index is 296. The fourth-order valence-electron chi connectivity index (χ4n) is 0.637. The van der Waals surface area contributed by atoms with E-state index >= 15 is 0 Å². The quantitative estimate of drug-likeness (QED) is 0.836. The van der Waals surface area contributed by atoms with Crippen LogP contribution in [0.15, 0.2) is 16.8 Å². The van der Waals surface area contributed by atoms with E-state index in [2.05, 4.69) is 10.1 Å². The molecule has 14 heavy (non-hydrogen) atoms. The van der Waals surface area contributed by atoms with Gasteiger partial charge in [0.05, 0.1) is 5.69 Å². The molecule has 0 bridgehead atoms. The Morgan fingerprint density at radius 3 is 2.79 bits per heavy atom. The second-order valence-corrected chi connectivity index (χ2v) is 5.62. The van der Waals surface area contributed by atoms with Crippen molar-refractivity contribution in [2.45, 2.75) is 3.79 Å². The smallest absolute Gasteiger partial charge is 0.411 e. The number of alkyl halides is 3. The molecular formula is C7H6Cl3NO2S. The van der Waals surface area contributed by atoms with Gasteiger partial charge in [0, 0.05) is 5.38 Å². The molecule has 0 radical (unpaired) electrons. The average Bonchev–Trinajstić information content (AvgIpc) is 2.52. The number of hydrogen-bond donors (Lipinski definition) is 1. The highest BCUT2D eigenvalue weighted by Gasteiger charge is 2.22. The molecule has 1 aromatic rings. The Hall–Kier alpha value is -0.160. The fourth-order valence-corrected chi connectivity index (χ4v) is 1.39. The van der Waals surface area contributed by atoms with Crippen LogP contribution in [0.1, 0.15) is 0 Å². The summed E-state index contributed by atoms with van der Waals surface area (Å²) in [5.41, 5.74) is 0.657. The molecule has 0 saturated heterocycles. The topological polar surface area (TPSA) is 38.3 Å². The third kappa shape index (κ3) is 4.91. The highest BCUT2D eigenvalue weighted by atomic mass is 35.6. The van der Waals surface area contributed by atoms with Crippen LogP contribution in [-0.2, 0) is 4.74 Å². The molecule has 1 rings (SSSR count). The van der Waals surface area contributed by atoms with Gasteiger partial charge in [-0.05, 0) is 11.4 Å². The third-order valence-corrected chi connectivity index (χ3v) is 2.15. The molecule has 7 heteroatoms. The lowest BCUT2D eigenvalue weighted by Gasteiger charge is -2.11. The van der Waals surface area contributed by atoms with Gasteiger partial charge in [-0.2, -0.15) is 11.3 Å². The third-order valence-electron chi connectivity index (χ3n) is 1.13. The van der Waals surface area contributed by atoms with Gasteiger partial charge >= 0.3 is 6.09 Å². The van der Waals surface area contributed by atoms with Gasteiger partial charge in [-0.3, -0.25) is 5.32 Å². The van der Waals surface area contributed by atoms with Gasteiger partial charge in [0.1, 0.15) is 6.61 Å². The number of hydrogen-bond acceptors (Lipinski definition) is 3. The Morgan fingerprint density at radius 2 is 2.29 bits per heavy atom. The van der Waals surface area contributed by atoms with Crippen molar-refractivity contribution in [1.82, 2.24) is 0 Å². The highest BCUT2D eigenvalue weighted by Crippen LogP contribution is 2.26. The molecule has 0 aliphatic rings. The fraction of sp³-hybridized carbons (Fsp3) is 0.286. The van der Waals surface area contributed by atoms with Crippen LogP contribution in [0.2, 0.25) is 0 Å². The molecule has 0 fully saturated rings. The van der Waals surface area contributed by atoms with E-state index in [0.29, 0.717) is 5.69 Å². The van der Waals surface area contributed by atoms with Crippen LogP contribution in [0.25, 0.3) is 0 Å². The standard InChI is InChI=1S/C7H6Cl3NO2S/c8-7(9,10)4-13-6(12)11-5-1-2-14-3-5/h1-3H,4H2,(H,11,12). The lowest BCUT2D eigenvalue weighted by molar-refractivity contribution is 0.164. The maximum atomic E-state index is 11.1. The summed E-state index contributed by atoms with van der Waals surface area (Å²) >= 11 is 17.6. The van der Waals surface area contributed by atoms with Gasteiger partial charge in [0.25, 0.3) is 0 Å². The van der Waals surface area contributed by atoms with E-state index in [-0.39, 0.29) is 6.61 Å². The molecule has 0 spiro atoms. The van der Waals surface area contributed by atoms with Crippen LogP contribution in [0, 0.1) is 0 Å². The minimum atomic E-state index is -1.58. The Kier molecular flexibility index (Phi) is 4.31.